The monoisotopic (exact) mass is 295 g/mol. The molecule has 0 saturated carbocycles. The smallest absolute Gasteiger partial charge is 0.419 e. The van der Waals surface area contributed by atoms with Gasteiger partial charge in [0.05, 0.1) is 5.03 Å². The van der Waals surface area contributed by atoms with Crippen LogP contribution >= 0.6 is 11.8 Å². The van der Waals surface area contributed by atoms with Crippen LogP contribution in [0.2, 0.25) is 0 Å². The molecule has 0 radical (unpaired) electrons. The molecule has 1 heterocycles. The lowest BCUT2D eigenvalue weighted by Gasteiger charge is -2.20. The molecule has 0 spiro atoms. The second-order valence-corrected chi connectivity index (χ2v) is 7.05. The summed E-state index contributed by atoms with van der Waals surface area (Å²) in [7, 11) is 0. The SMILES string of the molecule is C=C(C)c1c(C(C)C)cn(C(=O)OC(C)(C)C)c1SC. The average molecular weight is 295 g/mol. The van der Waals surface area contributed by atoms with E-state index >= 15 is 0 Å². The molecule has 0 amide bonds. The number of rotatable bonds is 3. The fourth-order valence-electron chi connectivity index (χ4n) is 2.02. The number of aromatic nitrogens is 1. The summed E-state index contributed by atoms with van der Waals surface area (Å²) >= 11 is 1.54. The van der Waals surface area contributed by atoms with Crippen LogP contribution in [0, 0.1) is 0 Å². The van der Waals surface area contributed by atoms with Crippen molar-refractivity contribution in [3.8, 4) is 0 Å². The first-order valence-electron chi connectivity index (χ1n) is 6.77. The van der Waals surface area contributed by atoms with Gasteiger partial charge >= 0.3 is 6.09 Å². The Labute approximate surface area is 126 Å². The fraction of sp³-hybridized carbons (Fsp3) is 0.562. The third-order valence-electron chi connectivity index (χ3n) is 2.82. The molecule has 0 aromatic carbocycles. The zero-order valence-corrected chi connectivity index (χ0v) is 14.4. The number of hydrogen-bond donors (Lipinski definition) is 0. The summed E-state index contributed by atoms with van der Waals surface area (Å²) in [6.07, 6.45) is 3.51. The van der Waals surface area contributed by atoms with Crippen LogP contribution in [0.4, 0.5) is 4.79 Å². The number of ether oxygens (including phenoxy) is 1. The minimum absolute atomic E-state index is 0.330. The van der Waals surface area contributed by atoms with Crippen LogP contribution in [0.5, 0.6) is 0 Å². The maximum Gasteiger partial charge on any atom is 0.419 e. The van der Waals surface area contributed by atoms with Gasteiger partial charge in [-0.05, 0) is 51.0 Å². The normalized spacial score (nSPS) is 11.8. The Morgan fingerprint density at radius 2 is 1.95 bits per heavy atom. The molecule has 0 bridgehead atoms. The van der Waals surface area contributed by atoms with Crippen molar-refractivity contribution in [2.45, 2.75) is 58.1 Å². The standard InChI is InChI=1S/C16H25NO2S/c1-10(2)12-9-17(15(18)19-16(5,6)7)14(20-8)13(12)11(3)4/h9-10H,3H2,1-2,4-8H3. The van der Waals surface area contributed by atoms with Crippen molar-refractivity contribution in [3.05, 3.63) is 23.9 Å². The lowest BCUT2D eigenvalue weighted by atomic mass is 9.99. The van der Waals surface area contributed by atoms with E-state index in [2.05, 4.69) is 20.4 Å². The minimum Gasteiger partial charge on any atom is -0.443 e. The van der Waals surface area contributed by atoms with Crippen LogP contribution in [0.1, 0.15) is 58.6 Å². The van der Waals surface area contributed by atoms with Crippen molar-refractivity contribution in [1.29, 1.82) is 0 Å². The van der Waals surface area contributed by atoms with Gasteiger partial charge < -0.3 is 4.74 Å². The Morgan fingerprint density at radius 1 is 1.40 bits per heavy atom. The first-order chi connectivity index (χ1) is 9.08. The summed E-state index contributed by atoms with van der Waals surface area (Å²) in [5.74, 6) is 0.330. The Kier molecular flexibility index (Phi) is 5.14. The van der Waals surface area contributed by atoms with E-state index in [-0.39, 0.29) is 6.09 Å². The summed E-state index contributed by atoms with van der Waals surface area (Å²) < 4.78 is 7.08. The number of thioether (sulfide) groups is 1. The topological polar surface area (TPSA) is 31.2 Å². The molecule has 1 rings (SSSR count). The zero-order chi connectivity index (χ0) is 15.7. The molecule has 1 aromatic rings. The molecule has 0 fully saturated rings. The van der Waals surface area contributed by atoms with Gasteiger partial charge in [-0.1, -0.05) is 20.4 Å². The van der Waals surface area contributed by atoms with Gasteiger partial charge in [-0.2, -0.15) is 0 Å². The highest BCUT2D eigenvalue weighted by atomic mass is 32.2. The molecule has 1 aromatic heterocycles. The van der Waals surface area contributed by atoms with Gasteiger partial charge in [-0.25, -0.2) is 9.36 Å². The molecule has 3 nitrogen and oxygen atoms in total. The highest BCUT2D eigenvalue weighted by Gasteiger charge is 2.24. The predicted molar refractivity (Wildman–Crippen MR) is 86.6 cm³/mol. The van der Waals surface area contributed by atoms with E-state index in [4.69, 9.17) is 4.74 Å². The van der Waals surface area contributed by atoms with Crippen molar-refractivity contribution in [2.24, 2.45) is 0 Å². The van der Waals surface area contributed by atoms with E-state index in [0.717, 1.165) is 21.7 Å². The molecule has 112 valence electrons. The van der Waals surface area contributed by atoms with E-state index in [1.807, 2.05) is 40.1 Å². The molecule has 0 unspecified atom stereocenters. The van der Waals surface area contributed by atoms with Gasteiger partial charge in [0, 0.05) is 11.8 Å². The zero-order valence-electron chi connectivity index (χ0n) is 13.5. The summed E-state index contributed by atoms with van der Waals surface area (Å²) in [5, 5.41) is 0.899. The molecule has 0 aliphatic carbocycles. The maximum absolute atomic E-state index is 12.3. The largest absolute Gasteiger partial charge is 0.443 e. The van der Waals surface area contributed by atoms with E-state index in [0.29, 0.717) is 5.92 Å². The summed E-state index contributed by atoms with van der Waals surface area (Å²) in [4.78, 5) is 12.3. The minimum atomic E-state index is -0.502. The lowest BCUT2D eigenvalue weighted by Crippen LogP contribution is -2.27. The van der Waals surface area contributed by atoms with Crippen molar-refractivity contribution < 1.29 is 9.53 Å². The van der Waals surface area contributed by atoms with Gasteiger partial charge in [0.1, 0.15) is 5.60 Å². The molecular weight excluding hydrogens is 270 g/mol. The average Bonchev–Trinajstić information content (AvgIpc) is 2.65. The van der Waals surface area contributed by atoms with Crippen molar-refractivity contribution in [1.82, 2.24) is 4.57 Å². The third-order valence-corrected chi connectivity index (χ3v) is 3.61. The van der Waals surface area contributed by atoms with E-state index < -0.39 is 5.60 Å². The fourth-order valence-corrected chi connectivity index (χ4v) is 2.84. The van der Waals surface area contributed by atoms with Crippen LogP contribution in [-0.2, 0) is 4.74 Å². The number of nitrogens with zero attached hydrogens (tertiary/aromatic N) is 1. The highest BCUT2D eigenvalue weighted by molar-refractivity contribution is 7.98. The Hall–Kier alpha value is -1.16. The van der Waals surface area contributed by atoms with E-state index in [1.165, 1.54) is 0 Å². The van der Waals surface area contributed by atoms with Crippen molar-refractivity contribution in [2.75, 3.05) is 6.26 Å². The molecule has 20 heavy (non-hydrogen) atoms. The maximum atomic E-state index is 12.3. The summed E-state index contributed by atoms with van der Waals surface area (Å²) in [6.45, 7) is 15.9. The lowest BCUT2D eigenvalue weighted by molar-refractivity contribution is 0.0523. The van der Waals surface area contributed by atoms with Crippen LogP contribution in [-0.4, -0.2) is 22.5 Å². The molecule has 0 saturated heterocycles. The molecular formula is C16H25NO2S. The summed E-state index contributed by atoms with van der Waals surface area (Å²) in [5.41, 5.74) is 2.67. The van der Waals surface area contributed by atoms with Crippen LogP contribution in [0.25, 0.3) is 5.57 Å². The molecule has 0 atom stereocenters. The number of allylic oxidation sites excluding steroid dienone is 1. The quantitative estimate of drug-likeness (QED) is 0.723. The Balaban J connectivity index is 3.37. The second-order valence-electron chi connectivity index (χ2n) is 6.25. The Bertz CT molecular complexity index is 521. The van der Waals surface area contributed by atoms with Crippen LogP contribution < -0.4 is 0 Å². The number of hydrogen-bond acceptors (Lipinski definition) is 3. The number of carbonyl (C=O) groups is 1. The predicted octanol–water partition coefficient (Wildman–Crippen LogP) is 5.15. The third kappa shape index (κ3) is 3.69. The first kappa shape index (κ1) is 16.9. The van der Waals surface area contributed by atoms with E-state index in [9.17, 15) is 4.79 Å². The van der Waals surface area contributed by atoms with Crippen molar-refractivity contribution in [3.63, 3.8) is 0 Å². The van der Waals surface area contributed by atoms with Gasteiger partial charge in [0.15, 0.2) is 0 Å². The molecule has 0 N–H and O–H groups in total. The Morgan fingerprint density at radius 3 is 2.30 bits per heavy atom. The molecule has 0 aliphatic heterocycles. The highest BCUT2D eigenvalue weighted by Crippen LogP contribution is 2.35. The number of carbonyl (C=O) groups excluding carboxylic acids is 1. The molecule has 0 aliphatic rings. The molecule has 4 heteroatoms. The van der Waals surface area contributed by atoms with Gasteiger partial charge in [0.25, 0.3) is 0 Å². The van der Waals surface area contributed by atoms with Crippen LogP contribution in [0.3, 0.4) is 0 Å². The van der Waals surface area contributed by atoms with Gasteiger partial charge in [-0.15, -0.1) is 11.8 Å². The van der Waals surface area contributed by atoms with Gasteiger partial charge in [0.2, 0.25) is 0 Å². The van der Waals surface area contributed by atoms with E-state index in [1.54, 1.807) is 16.3 Å². The van der Waals surface area contributed by atoms with Crippen LogP contribution in [0.15, 0.2) is 17.8 Å². The second kappa shape index (κ2) is 6.08. The van der Waals surface area contributed by atoms with Crippen molar-refractivity contribution >= 4 is 23.4 Å². The first-order valence-corrected chi connectivity index (χ1v) is 7.99. The summed E-state index contributed by atoms with van der Waals surface area (Å²) in [6, 6.07) is 0. The van der Waals surface area contributed by atoms with Gasteiger partial charge in [-0.3, -0.25) is 0 Å².